The number of benzene rings is 1. The Kier molecular flexibility index (Phi) is 7.28. The summed E-state index contributed by atoms with van der Waals surface area (Å²) in [5, 5.41) is 7.03. The van der Waals surface area contributed by atoms with Crippen LogP contribution in [0.2, 0.25) is 0 Å². The maximum atomic E-state index is 11.7. The van der Waals surface area contributed by atoms with Crippen molar-refractivity contribution in [1.29, 1.82) is 0 Å². The fourth-order valence-corrected chi connectivity index (χ4v) is 5.95. The highest BCUT2D eigenvalue weighted by atomic mass is 127. The van der Waals surface area contributed by atoms with Crippen molar-refractivity contribution in [2.24, 2.45) is 10.9 Å². The molecule has 1 saturated carbocycles. The third kappa shape index (κ3) is 5.84. The molecule has 2 fully saturated rings. The Morgan fingerprint density at radius 1 is 1.18 bits per heavy atom. The second-order valence-electron chi connectivity index (χ2n) is 8.48. The van der Waals surface area contributed by atoms with E-state index < -0.39 is 9.84 Å². The molecule has 4 rings (SSSR count). The van der Waals surface area contributed by atoms with Crippen molar-refractivity contribution in [3.8, 4) is 0 Å². The van der Waals surface area contributed by atoms with E-state index in [1.807, 2.05) is 0 Å². The van der Waals surface area contributed by atoms with E-state index in [-0.39, 0.29) is 41.7 Å². The van der Waals surface area contributed by atoms with Crippen LogP contribution in [0.15, 0.2) is 23.2 Å². The van der Waals surface area contributed by atoms with Gasteiger partial charge in [-0.2, -0.15) is 0 Å². The van der Waals surface area contributed by atoms with Crippen LogP contribution in [0, 0.1) is 5.92 Å². The van der Waals surface area contributed by atoms with Gasteiger partial charge in [-0.05, 0) is 74.5 Å². The van der Waals surface area contributed by atoms with Gasteiger partial charge >= 0.3 is 0 Å². The quantitative estimate of drug-likeness (QED) is 0.357. The second kappa shape index (κ2) is 9.32. The predicted molar refractivity (Wildman–Crippen MR) is 125 cm³/mol. The first kappa shape index (κ1) is 21.9. The number of halogens is 1. The summed E-state index contributed by atoms with van der Waals surface area (Å²) < 4.78 is 23.3. The highest BCUT2D eigenvalue weighted by molar-refractivity contribution is 14.0. The molecule has 2 N–H and O–H groups in total. The van der Waals surface area contributed by atoms with Crippen LogP contribution in [-0.4, -0.2) is 38.5 Å². The zero-order chi connectivity index (χ0) is 18.9. The van der Waals surface area contributed by atoms with Gasteiger partial charge in [0.05, 0.1) is 17.5 Å². The molecule has 1 heterocycles. The van der Waals surface area contributed by atoms with E-state index in [2.05, 4.69) is 35.8 Å². The van der Waals surface area contributed by atoms with Crippen LogP contribution in [0.25, 0.3) is 0 Å². The van der Waals surface area contributed by atoms with E-state index in [0.717, 1.165) is 12.4 Å². The number of sulfone groups is 1. The van der Waals surface area contributed by atoms with Crippen LogP contribution in [0.1, 0.15) is 61.8 Å². The van der Waals surface area contributed by atoms with Crippen LogP contribution < -0.4 is 10.6 Å². The Morgan fingerprint density at radius 2 is 1.93 bits per heavy atom. The first-order chi connectivity index (χ1) is 13.0. The first-order valence-corrected chi connectivity index (χ1v) is 12.2. The lowest BCUT2D eigenvalue weighted by Gasteiger charge is -2.22. The van der Waals surface area contributed by atoms with E-state index >= 15 is 0 Å². The maximum Gasteiger partial charge on any atom is 0.191 e. The lowest BCUT2D eigenvalue weighted by Crippen LogP contribution is -2.40. The fraction of sp³-hybridized carbons (Fsp3) is 0.667. The molecule has 5 nitrogen and oxygen atoms in total. The topological polar surface area (TPSA) is 70.6 Å². The number of rotatable bonds is 5. The zero-order valence-electron chi connectivity index (χ0n) is 16.6. The zero-order valence-corrected chi connectivity index (χ0v) is 19.8. The third-order valence-electron chi connectivity index (χ3n) is 5.98. The molecule has 28 heavy (non-hydrogen) atoms. The summed E-state index contributed by atoms with van der Waals surface area (Å²) in [6.07, 6.45) is 8.10. The second-order valence-corrected chi connectivity index (χ2v) is 10.7. The summed E-state index contributed by atoms with van der Waals surface area (Å²) in [5.74, 6) is 1.59. The van der Waals surface area contributed by atoms with Gasteiger partial charge in [0.15, 0.2) is 15.8 Å². The fourth-order valence-electron chi connectivity index (χ4n) is 4.10. The summed E-state index contributed by atoms with van der Waals surface area (Å²) >= 11 is 0. The maximum absolute atomic E-state index is 11.7. The Bertz CT molecular complexity index is 821. The lowest BCUT2D eigenvalue weighted by atomic mass is 9.89. The van der Waals surface area contributed by atoms with E-state index in [1.54, 1.807) is 0 Å². The minimum atomic E-state index is -2.84. The van der Waals surface area contributed by atoms with Crippen LogP contribution in [0.3, 0.4) is 0 Å². The standard InChI is InChI=1S/C21H31N3O2S.HI/c1-15(18-7-6-17-4-2-3-5-19(17)12-18)23-21(24-20-8-9-20)22-13-16-10-11-27(25,26)14-16;/h6-7,12,15-16,20H,2-5,8-11,13-14H2,1H3,(H2,22,23,24);1H. The van der Waals surface area contributed by atoms with Crippen molar-refractivity contribution < 1.29 is 8.42 Å². The lowest BCUT2D eigenvalue weighted by molar-refractivity contribution is 0.587. The average Bonchev–Trinajstić information content (AvgIpc) is 3.40. The molecule has 1 aliphatic heterocycles. The minimum absolute atomic E-state index is 0. The summed E-state index contributed by atoms with van der Waals surface area (Å²) in [5.41, 5.74) is 4.30. The van der Waals surface area contributed by atoms with Gasteiger partial charge in [-0.1, -0.05) is 18.2 Å². The van der Waals surface area contributed by atoms with E-state index in [4.69, 9.17) is 4.99 Å². The van der Waals surface area contributed by atoms with Crippen molar-refractivity contribution in [1.82, 2.24) is 10.6 Å². The molecule has 0 spiro atoms. The summed E-state index contributed by atoms with van der Waals surface area (Å²) in [4.78, 5) is 4.73. The average molecular weight is 517 g/mol. The van der Waals surface area contributed by atoms with Gasteiger partial charge in [0.25, 0.3) is 0 Å². The Balaban J connectivity index is 0.00000225. The molecule has 0 radical (unpaired) electrons. The monoisotopic (exact) mass is 517 g/mol. The van der Waals surface area contributed by atoms with Gasteiger partial charge in [0, 0.05) is 12.6 Å². The molecular weight excluding hydrogens is 485 g/mol. The van der Waals surface area contributed by atoms with Gasteiger partial charge in [0.1, 0.15) is 0 Å². The van der Waals surface area contributed by atoms with E-state index in [9.17, 15) is 8.42 Å². The minimum Gasteiger partial charge on any atom is -0.354 e. The van der Waals surface area contributed by atoms with Gasteiger partial charge in [-0.15, -0.1) is 24.0 Å². The Labute approximate surface area is 186 Å². The van der Waals surface area contributed by atoms with Crippen molar-refractivity contribution in [3.05, 3.63) is 34.9 Å². The van der Waals surface area contributed by atoms with Crippen LogP contribution >= 0.6 is 24.0 Å². The van der Waals surface area contributed by atoms with Gasteiger partial charge in [-0.25, -0.2) is 8.42 Å². The normalized spacial score (nSPS) is 24.8. The Hall–Kier alpha value is -0.830. The summed E-state index contributed by atoms with van der Waals surface area (Å²) in [6, 6.07) is 7.56. The largest absolute Gasteiger partial charge is 0.354 e. The number of hydrogen-bond acceptors (Lipinski definition) is 3. The smallest absolute Gasteiger partial charge is 0.191 e. The van der Waals surface area contributed by atoms with Crippen LogP contribution in [0.4, 0.5) is 0 Å². The third-order valence-corrected chi connectivity index (χ3v) is 7.82. The molecule has 2 aliphatic carbocycles. The van der Waals surface area contributed by atoms with E-state index in [0.29, 0.717) is 18.3 Å². The molecule has 1 aromatic carbocycles. The first-order valence-electron chi connectivity index (χ1n) is 10.4. The molecule has 1 aromatic rings. The van der Waals surface area contributed by atoms with Crippen molar-refractivity contribution in [2.75, 3.05) is 18.1 Å². The van der Waals surface area contributed by atoms with Gasteiger partial charge in [-0.3, -0.25) is 4.99 Å². The Morgan fingerprint density at radius 3 is 2.61 bits per heavy atom. The molecule has 0 amide bonds. The molecule has 7 heteroatoms. The molecule has 0 aromatic heterocycles. The molecule has 0 bridgehead atoms. The highest BCUT2D eigenvalue weighted by Gasteiger charge is 2.28. The highest BCUT2D eigenvalue weighted by Crippen LogP contribution is 2.25. The number of fused-ring (bicyclic) bond motifs is 1. The number of nitrogens with one attached hydrogen (secondary N) is 2. The number of guanidine groups is 1. The van der Waals surface area contributed by atoms with Crippen molar-refractivity contribution in [3.63, 3.8) is 0 Å². The molecule has 1 saturated heterocycles. The number of aliphatic imine (C=N–C) groups is 1. The molecule has 2 atom stereocenters. The molecule has 2 unspecified atom stereocenters. The van der Waals surface area contributed by atoms with Gasteiger partial charge in [0.2, 0.25) is 0 Å². The summed E-state index contributed by atoms with van der Waals surface area (Å²) in [7, 11) is -2.84. The number of hydrogen-bond donors (Lipinski definition) is 2. The van der Waals surface area contributed by atoms with Crippen LogP contribution in [0.5, 0.6) is 0 Å². The van der Waals surface area contributed by atoms with Crippen molar-refractivity contribution >= 4 is 39.8 Å². The number of nitrogens with zero attached hydrogens (tertiary/aromatic N) is 1. The summed E-state index contributed by atoms with van der Waals surface area (Å²) in [6.45, 7) is 2.76. The molecular formula is C21H32IN3O2S. The van der Waals surface area contributed by atoms with E-state index in [1.165, 1.54) is 55.2 Å². The van der Waals surface area contributed by atoms with Crippen molar-refractivity contribution in [2.45, 2.75) is 64.0 Å². The molecule has 156 valence electrons. The van der Waals surface area contributed by atoms with Crippen LogP contribution in [-0.2, 0) is 22.7 Å². The van der Waals surface area contributed by atoms with Gasteiger partial charge < -0.3 is 10.6 Å². The number of aryl methyl sites for hydroxylation is 2. The predicted octanol–water partition coefficient (Wildman–Crippen LogP) is 3.38. The molecule has 3 aliphatic rings. The SMILES string of the molecule is CC(NC(=NCC1CCS(=O)(=O)C1)NC1CC1)c1ccc2c(c1)CCCC2.I.